The molecular formula is C19H23N3O2. The van der Waals surface area contributed by atoms with Gasteiger partial charge in [0, 0.05) is 12.8 Å². The van der Waals surface area contributed by atoms with Gasteiger partial charge in [-0.15, -0.1) is 0 Å². The van der Waals surface area contributed by atoms with Crippen molar-refractivity contribution in [2.24, 2.45) is 0 Å². The fourth-order valence-electron chi connectivity index (χ4n) is 2.74. The lowest BCUT2D eigenvalue weighted by atomic mass is 10.1. The van der Waals surface area contributed by atoms with Gasteiger partial charge in [-0.1, -0.05) is 0 Å². The third kappa shape index (κ3) is 3.36. The number of methoxy groups -OCH3 is 1. The summed E-state index contributed by atoms with van der Waals surface area (Å²) >= 11 is 0. The van der Waals surface area contributed by atoms with Gasteiger partial charge >= 0.3 is 0 Å². The molecule has 0 atom stereocenters. The number of nitrogen functional groups attached to an aromatic ring is 1. The molecule has 0 unspecified atom stereocenters. The van der Waals surface area contributed by atoms with E-state index in [0.717, 1.165) is 28.3 Å². The van der Waals surface area contributed by atoms with Crippen molar-refractivity contribution >= 4 is 16.7 Å². The SMILES string of the molecule is COCc1nc2cc(C)c(C)cc2n1CCOc1ccc(N)cc1. The number of nitrogens with zero attached hydrogens (tertiary/aromatic N) is 2. The molecule has 3 aromatic rings. The first-order valence-corrected chi connectivity index (χ1v) is 8.02. The number of imidazole rings is 1. The molecule has 0 fully saturated rings. The van der Waals surface area contributed by atoms with Crippen LogP contribution in [0.25, 0.3) is 11.0 Å². The summed E-state index contributed by atoms with van der Waals surface area (Å²) < 4.78 is 13.3. The molecule has 1 heterocycles. The van der Waals surface area contributed by atoms with Gasteiger partial charge in [0.2, 0.25) is 0 Å². The molecule has 2 N–H and O–H groups in total. The van der Waals surface area contributed by atoms with Crippen molar-refractivity contribution in [3.05, 3.63) is 53.3 Å². The highest BCUT2D eigenvalue weighted by atomic mass is 16.5. The molecule has 0 saturated carbocycles. The number of aryl methyl sites for hydroxylation is 2. The van der Waals surface area contributed by atoms with Gasteiger partial charge in [0.15, 0.2) is 0 Å². The fourth-order valence-corrected chi connectivity index (χ4v) is 2.74. The molecule has 5 nitrogen and oxygen atoms in total. The predicted molar refractivity (Wildman–Crippen MR) is 96.3 cm³/mol. The Morgan fingerprint density at radius 3 is 2.50 bits per heavy atom. The van der Waals surface area contributed by atoms with E-state index in [-0.39, 0.29) is 0 Å². The van der Waals surface area contributed by atoms with Gasteiger partial charge in [-0.2, -0.15) is 0 Å². The number of nitrogens with two attached hydrogens (primary N) is 1. The van der Waals surface area contributed by atoms with Gasteiger partial charge < -0.3 is 19.8 Å². The van der Waals surface area contributed by atoms with E-state index in [1.165, 1.54) is 11.1 Å². The summed E-state index contributed by atoms with van der Waals surface area (Å²) in [5, 5.41) is 0. The molecule has 0 spiro atoms. The molecule has 126 valence electrons. The van der Waals surface area contributed by atoms with Crippen LogP contribution in [0.3, 0.4) is 0 Å². The average Bonchev–Trinajstić information content (AvgIpc) is 2.87. The Morgan fingerprint density at radius 2 is 1.79 bits per heavy atom. The van der Waals surface area contributed by atoms with Crippen molar-refractivity contribution in [2.45, 2.75) is 27.0 Å². The Labute approximate surface area is 142 Å². The minimum Gasteiger partial charge on any atom is -0.492 e. The van der Waals surface area contributed by atoms with Gasteiger partial charge in [-0.3, -0.25) is 0 Å². The summed E-state index contributed by atoms with van der Waals surface area (Å²) in [6.07, 6.45) is 0. The lowest BCUT2D eigenvalue weighted by Crippen LogP contribution is -2.12. The number of hydrogen-bond donors (Lipinski definition) is 1. The largest absolute Gasteiger partial charge is 0.492 e. The van der Waals surface area contributed by atoms with E-state index in [4.69, 9.17) is 20.2 Å². The van der Waals surface area contributed by atoms with E-state index in [9.17, 15) is 0 Å². The van der Waals surface area contributed by atoms with Gasteiger partial charge in [-0.25, -0.2) is 4.98 Å². The second kappa shape index (κ2) is 6.93. The molecule has 24 heavy (non-hydrogen) atoms. The highest BCUT2D eigenvalue weighted by molar-refractivity contribution is 5.78. The Bertz CT molecular complexity index is 838. The fraction of sp³-hybridized carbons (Fsp3) is 0.316. The minimum atomic E-state index is 0.481. The number of benzene rings is 2. The quantitative estimate of drug-likeness (QED) is 0.705. The van der Waals surface area contributed by atoms with Crippen LogP contribution in [-0.4, -0.2) is 23.3 Å². The summed E-state index contributed by atoms with van der Waals surface area (Å²) in [6, 6.07) is 11.7. The van der Waals surface area contributed by atoms with Crippen molar-refractivity contribution in [3.8, 4) is 5.75 Å². The van der Waals surface area contributed by atoms with E-state index in [2.05, 4.69) is 30.5 Å². The average molecular weight is 325 g/mol. The van der Waals surface area contributed by atoms with Crippen LogP contribution in [0.1, 0.15) is 17.0 Å². The molecule has 0 aliphatic heterocycles. The van der Waals surface area contributed by atoms with Crippen molar-refractivity contribution in [3.63, 3.8) is 0 Å². The Hall–Kier alpha value is -2.53. The number of fused-ring (bicyclic) bond motifs is 1. The third-order valence-electron chi connectivity index (χ3n) is 4.18. The molecule has 0 bridgehead atoms. The molecule has 0 amide bonds. The van der Waals surface area contributed by atoms with E-state index in [1.807, 2.05) is 24.3 Å². The number of anilines is 1. The molecule has 0 aliphatic rings. The second-order valence-corrected chi connectivity index (χ2v) is 5.96. The van der Waals surface area contributed by atoms with Crippen LogP contribution >= 0.6 is 0 Å². The monoisotopic (exact) mass is 325 g/mol. The number of aromatic nitrogens is 2. The second-order valence-electron chi connectivity index (χ2n) is 5.96. The number of rotatable bonds is 6. The van der Waals surface area contributed by atoms with Crippen LogP contribution in [0.2, 0.25) is 0 Å². The normalized spacial score (nSPS) is 11.1. The minimum absolute atomic E-state index is 0.481. The molecule has 2 aromatic carbocycles. The van der Waals surface area contributed by atoms with Gasteiger partial charge in [0.05, 0.1) is 17.6 Å². The molecule has 0 radical (unpaired) electrons. The van der Waals surface area contributed by atoms with Crippen molar-refractivity contribution < 1.29 is 9.47 Å². The predicted octanol–water partition coefficient (Wildman–Crippen LogP) is 3.46. The molecule has 1 aromatic heterocycles. The van der Waals surface area contributed by atoms with Gasteiger partial charge in [0.1, 0.15) is 24.8 Å². The summed E-state index contributed by atoms with van der Waals surface area (Å²) in [5.41, 5.74) is 11.0. The van der Waals surface area contributed by atoms with E-state index >= 15 is 0 Å². The number of ether oxygens (including phenoxy) is 2. The molecular weight excluding hydrogens is 302 g/mol. The number of hydrogen-bond acceptors (Lipinski definition) is 4. The lowest BCUT2D eigenvalue weighted by Gasteiger charge is -2.11. The Kier molecular flexibility index (Phi) is 4.71. The van der Waals surface area contributed by atoms with Crippen LogP contribution in [0.15, 0.2) is 36.4 Å². The van der Waals surface area contributed by atoms with Crippen LogP contribution in [0.5, 0.6) is 5.75 Å². The first-order valence-electron chi connectivity index (χ1n) is 8.02. The zero-order chi connectivity index (χ0) is 17.1. The van der Waals surface area contributed by atoms with E-state index < -0.39 is 0 Å². The smallest absolute Gasteiger partial charge is 0.136 e. The zero-order valence-electron chi connectivity index (χ0n) is 14.4. The summed E-state index contributed by atoms with van der Waals surface area (Å²) in [7, 11) is 1.69. The van der Waals surface area contributed by atoms with Crippen molar-refractivity contribution in [2.75, 3.05) is 19.5 Å². The van der Waals surface area contributed by atoms with Crippen LogP contribution in [0.4, 0.5) is 5.69 Å². The van der Waals surface area contributed by atoms with E-state index in [0.29, 0.717) is 19.8 Å². The summed E-state index contributed by atoms with van der Waals surface area (Å²) in [4.78, 5) is 4.71. The zero-order valence-corrected chi connectivity index (χ0v) is 14.4. The lowest BCUT2D eigenvalue weighted by molar-refractivity contribution is 0.173. The molecule has 0 aliphatic carbocycles. The van der Waals surface area contributed by atoms with Crippen LogP contribution in [0, 0.1) is 13.8 Å². The van der Waals surface area contributed by atoms with E-state index in [1.54, 1.807) is 7.11 Å². The maximum atomic E-state index is 5.83. The van der Waals surface area contributed by atoms with Crippen LogP contribution < -0.4 is 10.5 Å². The molecule has 3 rings (SSSR count). The first kappa shape index (κ1) is 16.3. The molecule has 0 saturated heterocycles. The standard InChI is InChI=1S/C19H23N3O2/c1-13-10-17-18(11-14(13)2)22(19(21-17)12-23-3)8-9-24-16-6-4-15(20)5-7-16/h4-7,10-11H,8-9,12,20H2,1-3H3. The van der Waals surface area contributed by atoms with Crippen molar-refractivity contribution in [1.82, 2.24) is 9.55 Å². The van der Waals surface area contributed by atoms with Crippen LogP contribution in [-0.2, 0) is 17.9 Å². The summed E-state index contributed by atoms with van der Waals surface area (Å²) in [6.45, 7) is 5.97. The van der Waals surface area contributed by atoms with Gasteiger partial charge in [0.25, 0.3) is 0 Å². The Morgan fingerprint density at radius 1 is 1.08 bits per heavy atom. The highest BCUT2D eigenvalue weighted by Crippen LogP contribution is 2.21. The van der Waals surface area contributed by atoms with Crippen molar-refractivity contribution in [1.29, 1.82) is 0 Å². The topological polar surface area (TPSA) is 62.3 Å². The third-order valence-corrected chi connectivity index (χ3v) is 4.18. The summed E-state index contributed by atoms with van der Waals surface area (Å²) in [5.74, 6) is 1.73. The highest BCUT2D eigenvalue weighted by Gasteiger charge is 2.12. The Balaban J connectivity index is 1.82. The molecule has 5 heteroatoms. The first-order chi connectivity index (χ1) is 11.6. The maximum Gasteiger partial charge on any atom is 0.136 e. The van der Waals surface area contributed by atoms with Gasteiger partial charge in [-0.05, 0) is 61.4 Å². The maximum absolute atomic E-state index is 5.83.